The molecule has 1 aromatic heterocycles. The van der Waals surface area contributed by atoms with Crippen LogP contribution in [0.4, 0.5) is 5.13 Å². The van der Waals surface area contributed by atoms with Crippen LogP contribution >= 0.6 is 11.5 Å². The lowest BCUT2D eigenvalue weighted by Gasteiger charge is -2.12. The van der Waals surface area contributed by atoms with E-state index in [2.05, 4.69) is 35.4 Å². The molecule has 4 nitrogen and oxygen atoms in total. The molecule has 0 aliphatic heterocycles. The summed E-state index contributed by atoms with van der Waals surface area (Å²) in [4.78, 5) is 4.50. The average molecular weight is 255 g/mol. The van der Waals surface area contributed by atoms with Crippen molar-refractivity contribution in [1.82, 2.24) is 9.36 Å². The summed E-state index contributed by atoms with van der Waals surface area (Å²) in [5, 5.41) is 13.7. The van der Waals surface area contributed by atoms with E-state index in [0.29, 0.717) is 5.92 Å². The fourth-order valence-electron chi connectivity index (χ4n) is 2.07. The van der Waals surface area contributed by atoms with Crippen LogP contribution in [-0.4, -0.2) is 27.1 Å². The van der Waals surface area contributed by atoms with Crippen LogP contribution in [0.15, 0.2) is 0 Å². The van der Waals surface area contributed by atoms with Gasteiger partial charge in [0.1, 0.15) is 5.82 Å². The summed E-state index contributed by atoms with van der Waals surface area (Å²) < 4.78 is 4.37. The highest BCUT2D eigenvalue weighted by Crippen LogP contribution is 2.27. The fraction of sp³-hybridized carbons (Fsp3) is 0.833. The van der Waals surface area contributed by atoms with Crippen LogP contribution < -0.4 is 5.32 Å². The number of aliphatic hydroxyl groups is 1. The number of nitrogens with zero attached hydrogens (tertiary/aromatic N) is 2. The minimum absolute atomic E-state index is 0.0139. The maximum Gasteiger partial charge on any atom is 0.202 e. The lowest BCUT2D eigenvalue weighted by molar-refractivity contribution is 0.178. The first kappa shape index (κ1) is 12.8. The molecule has 96 valence electrons. The van der Waals surface area contributed by atoms with E-state index < -0.39 is 0 Å². The molecule has 1 heterocycles. The van der Waals surface area contributed by atoms with E-state index in [1.165, 1.54) is 11.5 Å². The molecule has 1 saturated carbocycles. The number of hydrogen-bond donors (Lipinski definition) is 2. The molecule has 0 bridgehead atoms. The lowest BCUT2D eigenvalue weighted by Crippen LogP contribution is -2.15. The van der Waals surface area contributed by atoms with Crippen LogP contribution in [0.3, 0.4) is 0 Å². The molecule has 0 saturated heterocycles. The number of anilines is 1. The molecule has 0 radical (unpaired) electrons. The van der Waals surface area contributed by atoms with Gasteiger partial charge in [-0.3, -0.25) is 0 Å². The van der Waals surface area contributed by atoms with Crippen LogP contribution in [0.5, 0.6) is 0 Å². The Morgan fingerprint density at radius 3 is 2.71 bits per heavy atom. The van der Waals surface area contributed by atoms with E-state index in [1.54, 1.807) is 0 Å². The van der Waals surface area contributed by atoms with Crippen molar-refractivity contribution in [2.75, 3.05) is 11.9 Å². The van der Waals surface area contributed by atoms with Gasteiger partial charge in [0.05, 0.1) is 6.10 Å². The van der Waals surface area contributed by atoms with Gasteiger partial charge < -0.3 is 10.4 Å². The molecular formula is C12H21N3OS. The number of nitrogens with one attached hydrogen (secondary N) is 1. The zero-order chi connectivity index (χ0) is 12.5. The Labute approximate surface area is 107 Å². The van der Waals surface area contributed by atoms with E-state index in [-0.39, 0.29) is 11.5 Å². The largest absolute Gasteiger partial charge is 0.393 e. The Kier molecular flexibility index (Phi) is 3.68. The van der Waals surface area contributed by atoms with Gasteiger partial charge in [-0.25, -0.2) is 4.98 Å². The molecule has 1 aromatic rings. The Bertz CT molecular complexity index is 372. The van der Waals surface area contributed by atoms with Crippen molar-refractivity contribution in [3.8, 4) is 0 Å². The highest BCUT2D eigenvalue weighted by atomic mass is 32.1. The van der Waals surface area contributed by atoms with Gasteiger partial charge in [-0.15, -0.1) is 0 Å². The summed E-state index contributed by atoms with van der Waals surface area (Å²) in [5.41, 5.74) is 0.0139. The summed E-state index contributed by atoms with van der Waals surface area (Å²) in [6, 6.07) is 0. The van der Waals surface area contributed by atoms with E-state index >= 15 is 0 Å². The van der Waals surface area contributed by atoms with Crippen LogP contribution in [-0.2, 0) is 5.41 Å². The summed E-state index contributed by atoms with van der Waals surface area (Å²) >= 11 is 1.43. The van der Waals surface area contributed by atoms with Crippen LogP contribution in [0.1, 0.15) is 45.9 Å². The maximum absolute atomic E-state index is 9.45. The second kappa shape index (κ2) is 4.90. The van der Waals surface area contributed by atoms with E-state index in [9.17, 15) is 5.11 Å². The summed E-state index contributed by atoms with van der Waals surface area (Å²) in [7, 11) is 0. The molecule has 1 fully saturated rings. The van der Waals surface area contributed by atoms with Crippen molar-refractivity contribution < 1.29 is 5.11 Å². The first-order valence-corrected chi connectivity index (χ1v) is 6.98. The van der Waals surface area contributed by atoms with Crippen LogP contribution in [0, 0.1) is 5.92 Å². The van der Waals surface area contributed by atoms with Crippen LogP contribution in [0.25, 0.3) is 0 Å². The number of aromatic nitrogens is 2. The van der Waals surface area contributed by atoms with E-state index in [1.807, 2.05) is 0 Å². The van der Waals surface area contributed by atoms with E-state index in [4.69, 9.17) is 0 Å². The predicted octanol–water partition coefficient (Wildman–Crippen LogP) is 2.41. The third kappa shape index (κ3) is 3.39. The number of rotatable bonds is 3. The smallest absolute Gasteiger partial charge is 0.202 e. The first-order chi connectivity index (χ1) is 7.95. The minimum atomic E-state index is -0.0960. The predicted molar refractivity (Wildman–Crippen MR) is 70.4 cm³/mol. The minimum Gasteiger partial charge on any atom is -0.393 e. The molecule has 1 aliphatic rings. The van der Waals surface area contributed by atoms with Crippen molar-refractivity contribution in [3.63, 3.8) is 0 Å². The van der Waals surface area contributed by atoms with Crippen molar-refractivity contribution in [3.05, 3.63) is 5.82 Å². The summed E-state index contributed by atoms with van der Waals surface area (Å²) in [6.45, 7) is 7.25. The topological polar surface area (TPSA) is 58.0 Å². The molecule has 2 atom stereocenters. The molecule has 2 N–H and O–H groups in total. The fourth-order valence-corrected chi connectivity index (χ4v) is 2.83. The quantitative estimate of drug-likeness (QED) is 0.871. The molecule has 2 rings (SSSR count). The SMILES string of the molecule is CC(C)(C)c1nsc(NCC2CCC(O)C2)n1. The molecule has 0 aromatic carbocycles. The molecule has 0 amide bonds. The first-order valence-electron chi connectivity index (χ1n) is 6.21. The molecular weight excluding hydrogens is 234 g/mol. The molecule has 5 heteroatoms. The van der Waals surface area contributed by atoms with Gasteiger partial charge in [0, 0.05) is 23.5 Å². The standard InChI is InChI=1S/C12H21N3OS/c1-12(2,3)10-14-11(17-15-10)13-7-8-4-5-9(16)6-8/h8-9,16H,4-7H2,1-3H3,(H,13,14,15). The lowest BCUT2D eigenvalue weighted by atomic mass is 9.96. The Morgan fingerprint density at radius 1 is 1.41 bits per heavy atom. The third-order valence-electron chi connectivity index (χ3n) is 3.15. The average Bonchev–Trinajstić information content (AvgIpc) is 2.82. The third-order valence-corrected chi connectivity index (χ3v) is 3.83. The van der Waals surface area contributed by atoms with Gasteiger partial charge in [-0.1, -0.05) is 20.8 Å². The Hall–Kier alpha value is -0.680. The number of hydrogen-bond acceptors (Lipinski definition) is 5. The van der Waals surface area contributed by atoms with Gasteiger partial charge in [-0.05, 0) is 25.2 Å². The van der Waals surface area contributed by atoms with Crippen molar-refractivity contribution >= 4 is 16.7 Å². The van der Waals surface area contributed by atoms with Gasteiger partial charge in [-0.2, -0.15) is 4.37 Å². The van der Waals surface area contributed by atoms with Gasteiger partial charge >= 0.3 is 0 Å². The molecule has 0 spiro atoms. The Morgan fingerprint density at radius 2 is 2.18 bits per heavy atom. The number of aliphatic hydroxyl groups excluding tert-OH is 1. The highest BCUT2D eigenvalue weighted by Gasteiger charge is 2.23. The molecule has 2 unspecified atom stereocenters. The highest BCUT2D eigenvalue weighted by molar-refractivity contribution is 7.09. The Balaban J connectivity index is 1.85. The van der Waals surface area contributed by atoms with Crippen LogP contribution in [0.2, 0.25) is 0 Å². The monoisotopic (exact) mass is 255 g/mol. The van der Waals surface area contributed by atoms with Crippen molar-refractivity contribution in [1.29, 1.82) is 0 Å². The van der Waals surface area contributed by atoms with Gasteiger partial charge in [0.2, 0.25) is 5.13 Å². The summed E-state index contributed by atoms with van der Waals surface area (Å²) in [5.74, 6) is 1.48. The maximum atomic E-state index is 9.45. The normalized spacial score (nSPS) is 25.2. The zero-order valence-electron chi connectivity index (χ0n) is 10.7. The van der Waals surface area contributed by atoms with E-state index in [0.717, 1.165) is 36.8 Å². The van der Waals surface area contributed by atoms with Gasteiger partial charge in [0.25, 0.3) is 0 Å². The second-order valence-electron chi connectivity index (χ2n) is 5.89. The van der Waals surface area contributed by atoms with Gasteiger partial charge in [0.15, 0.2) is 0 Å². The summed E-state index contributed by atoms with van der Waals surface area (Å²) in [6.07, 6.45) is 2.87. The molecule has 17 heavy (non-hydrogen) atoms. The van der Waals surface area contributed by atoms with Crippen molar-refractivity contribution in [2.45, 2.75) is 51.6 Å². The zero-order valence-corrected chi connectivity index (χ0v) is 11.5. The second-order valence-corrected chi connectivity index (χ2v) is 6.64. The van der Waals surface area contributed by atoms with Crippen molar-refractivity contribution in [2.24, 2.45) is 5.92 Å². The molecule has 1 aliphatic carbocycles.